The Kier molecular flexibility index (Phi) is 5.15. The van der Waals surface area contributed by atoms with Crippen LogP contribution in [0.1, 0.15) is 19.3 Å². The molecule has 0 spiro atoms. The SMILES string of the molecule is COCCN1CC(C(=O)NCC2CCCO2)CC1=O. The number of amides is 2. The van der Waals surface area contributed by atoms with Gasteiger partial charge in [-0.1, -0.05) is 0 Å². The summed E-state index contributed by atoms with van der Waals surface area (Å²) in [5.74, 6) is -0.233. The molecule has 2 aliphatic rings. The molecule has 0 aromatic rings. The molecule has 2 amide bonds. The van der Waals surface area contributed by atoms with Gasteiger partial charge in [-0.2, -0.15) is 0 Å². The Morgan fingerprint density at radius 1 is 1.58 bits per heavy atom. The third-order valence-electron chi connectivity index (χ3n) is 3.68. The molecule has 0 bridgehead atoms. The van der Waals surface area contributed by atoms with Crippen LogP contribution in [0.3, 0.4) is 0 Å². The summed E-state index contributed by atoms with van der Waals surface area (Å²) < 4.78 is 10.4. The lowest BCUT2D eigenvalue weighted by molar-refractivity contribution is -0.129. The minimum atomic E-state index is -0.231. The van der Waals surface area contributed by atoms with Gasteiger partial charge in [-0.15, -0.1) is 0 Å². The van der Waals surface area contributed by atoms with Crippen LogP contribution < -0.4 is 5.32 Å². The molecule has 0 aliphatic carbocycles. The van der Waals surface area contributed by atoms with E-state index >= 15 is 0 Å². The second-order valence-electron chi connectivity index (χ2n) is 5.11. The molecule has 2 atom stereocenters. The van der Waals surface area contributed by atoms with Crippen molar-refractivity contribution in [1.82, 2.24) is 10.2 Å². The fourth-order valence-electron chi connectivity index (χ4n) is 2.53. The molecule has 108 valence electrons. The smallest absolute Gasteiger partial charge is 0.225 e. The number of rotatable bonds is 6. The standard InChI is InChI=1S/C13H22N2O4/c1-18-6-4-15-9-10(7-12(15)16)13(17)14-8-11-3-2-5-19-11/h10-11H,2-9H2,1H3,(H,14,17). The minimum Gasteiger partial charge on any atom is -0.383 e. The molecule has 0 radical (unpaired) electrons. The monoisotopic (exact) mass is 270 g/mol. The van der Waals surface area contributed by atoms with E-state index in [0.717, 1.165) is 19.4 Å². The Balaban J connectivity index is 1.72. The Hall–Kier alpha value is -1.14. The molecule has 0 aromatic carbocycles. The summed E-state index contributed by atoms with van der Waals surface area (Å²) in [6.07, 6.45) is 2.52. The Labute approximate surface area is 113 Å². The van der Waals surface area contributed by atoms with Crippen LogP contribution in [0.4, 0.5) is 0 Å². The second kappa shape index (κ2) is 6.86. The number of carbonyl (C=O) groups excluding carboxylic acids is 2. The van der Waals surface area contributed by atoms with Gasteiger partial charge in [-0.3, -0.25) is 9.59 Å². The number of nitrogens with one attached hydrogen (secondary N) is 1. The van der Waals surface area contributed by atoms with E-state index in [-0.39, 0.29) is 23.8 Å². The number of likely N-dealkylation sites (tertiary alicyclic amines) is 1. The van der Waals surface area contributed by atoms with Crippen LogP contribution in [0.15, 0.2) is 0 Å². The number of hydrogen-bond donors (Lipinski definition) is 1. The second-order valence-corrected chi connectivity index (χ2v) is 5.11. The normalized spacial score (nSPS) is 27.0. The van der Waals surface area contributed by atoms with Crippen LogP contribution in [-0.4, -0.2) is 62.8 Å². The van der Waals surface area contributed by atoms with Crippen LogP contribution in [0.2, 0.25) is 0 Å². The van der Waals surface area contributed by atoms with Crippen molar-refractivity contribution >= 4 is 11.8 Å². The maximum atomic E-state index is 12.0. The van der Waals surface area contributed by atoms with E-state index in [0.29, 0.717) is 32.7 Å². The quantitative estimate of drug-likeness (QED) is 0.724. The Bertz CT molecular complexity index is 329. The van der Waals surface area contributed by atoms with Gasteiger partial charge in [0.2, 0.25) is 11.8 Å². The molecule has 2 aliphatic heterocycles. The van der Waals surface area contributed by atoms with Gasteiger partial charge in [-0.25, -0.2) is 0 Å². The van der Waals surface area contributed by atoms with E-state index < -0.39 is 0 Å². The van der Waals surface area contributed by atoms with Crippen molar-refractivity contribution in [3.63, 3.8) is 0 Å². The number of nitrogens with zero attached hydrogens (tertiary/aromatic N) is 1. The fraction of sp³-hybridized carbons (Fsp3) is 0.846. The van der Waals surface area contributed by atoms with Crippen molar-refractivity contribution in [3.05, 3.63) is 0 Å². The van der Waals surface area contributed by atoms with E-state index in [9.17, 15) is 9.59 Å². The lowest BCUT2D eigenvalue weighted by atomic mass is 10.1. The lowest BCUT2D eigenvalue weighted by Crippen LogP contribution is -2.37. The zero-order chi connectivity index (χ0) is 13.7. The first-order chi connectivity index (χ1) is 9.20. The predicted molar refractivity (Wildman–Crippen MR) is 68.5 cm³/mol. The van der Waals surface area contributed by atoms with Crippen molar-refractivity contribution in [3.8, 4) is 0 Å². The molecule has 0 aromatic heterocycles. The highest BCUT2D eigenvalue weighted by molar-refractivity contribution is 5.89. The van der Waals surface area contributed by atoms with Gasteiger partial charge < -0.3 is 19.7 Å². The van der Waals surface area contributed by atoms with Gasteiger partial charge in [0.05, 0.1) is 18.6 Å². The molecule has 6 heteroatoms. The third-order valence-corrected chi connectivity index (χ3v) is 3.68. The number of hydrogen-bond acceptors (Lipinski definition) is 4. The van der Waals surface area contributed by atoms with Gasteiger partial charge in [0.1, 0.15) is 0 Å². The van der Waals surface area contributed by atoms with Crippen molar-refractivity contribution in [2.45, 2.75) is 25.4 Å². The molecular weight excluding hydrogens is 248 g/mol. The zero-order valence-electron chi connectivity index (χ0n) is 11.4. The summed E-state index contributed by atoms with van der Waals surface area (Å²) in [4.78, 5) is 25.4. The van der Waals surface area contributed by atoms with E-state index in [1.807, 2.05) is 0 Å². The van der Waals surface area contributed by atoms with E-state index in [4.69, 9.17) is 9.47 Å². The fourth-order valence-corrected chi connectivity index (χ4v) is 2.53. The summed E-state index contributed by atoms with van der Waals surface area (Å²) >= 11 is 0. The van der Waals surface area contributed by atoms with Gasteiger partial charge >= 0.3 is 0 Å². The summed E-state index contributed by atoms with van der Waals surface area (Å²) in [6, 6.07) is 0. The van der Waals surface area contributed by atoms with E-state index in [1.54, 1.807) is 12.0 Å². The largest absolute Gasteiger partial charge is 0.383 e. The molecule has 0 saturated carbocycles. The van der Waals surface area contributed by atoms with Crippen LogP contribution in [0, 0.1) is 5.92 Å². The first kappa shape index (κ1) is 14.3. The molecule has 2 unspecified atom stereocenters. The highest BCUT2D eigenvalue weighted by atomic mass is 16.5. The van der Waals surface area contributed by atoms with Crippen LogP contribution >= 0.6 is 0 Å². The molecule has 1 N–H and O–H groups in total. The predicted octanol–water partition coefficient (Wildman–Crippen LogP) is -0.223. The molecule has 19 heavy (non-hydrogen) atoms. The number of methoxy groups -OCH3 is 1. The van der Waals surface area contributed by atoms with Crippen molar-refractivity contribution in [2.24, 2.45) is 5.92 Å². The van der Waals surface area contributed by atoms with Crippen LogP contribution in [0.5, 0.6) is 0 Å². The molecule has 2 rings (SSSR count). The summed E-state index contributed by atoms with van der Waals surface area (Å²) in [7, 11) is 1.60. The minimum absolute atomic E-state index is 0.0364. The summed E-state index contributed by atoms with van der Waals surface area (Å²) in [5, 5.41) is 2.89. The molecular formula is C13H22N2O4. The number of ether oxygens (including phenoxy) is 2. The maximum absolute atomic E-state index is 12.0. The number of carbonyl (C=O) groups is 2. The van der Waals surface area contributed by atoms with Crippen LogP contribution in [-0.2, 0) is 19.1 Å². The Morgan fingerprint density at radius 3 is 3.11 bits per heavy atom. The zero-order valence-corrected chi connectivity index (χ0v) is 11.4. The molecule has 6 nitrogen and oxygen atoms in total. The summed E-state index contributed by atoms with van der Waals surface area (Å²) in [6.45, 7) is 2.91. The lowest BCUT2D eigenvalue weighted by Gasteiger charge is -2.16. The van der Waals surface area contributed by atoms with Crippen molar-refractivity contribution < 1.29 is 19.1 Å². The third kappa shape index (κ3) is 3.91. The summed E-state index contributed by atoms with van der Waals surface area (Å²) in [5.41, 5.74) is 0. The molecule has 2 saturated heterocycles. The average Bonchev–Trinajstić information content (AvgIpc) is 3.03. The maximum Gasteiger partial charge on any atom is 0.225 e. The van der Waals surface area contributed by atoms with Gasteiger partial charge in [0.15, 0.2) is 0 Å². The van der Waals surface area contributed by atoms with Crippen LogP contribution in [0.25, 0.3) is 0 Å². The van der Waals surface area contributed by atoms with Crippen molar-refractivity contribution in [1.29, 1.82) is 0 Å². The Morgan fingerprint density at radius 2 is 2.42 bits per heavy atom. The first-order valence-corrected chi connectivity index (χ1v) is 6.86. The van der Waals surface area contributed by atoms with Crippen molar-refractivity contribution in [2.75, 3.05) is 40.0 Å². The average molecular weight is 270 g/mol. The van der Waals surface area contributed by atoms with Gasteiger partial charge in [0.25, 0.3) is 0 Å². The molecule has 2 heterocycles. The van der Waals surface area contributed by atoms with E-state index in [2.05, 4.69) is 5.32 Å². The molecule has 2 fully saturated rings. The highest BCUT2D eigenvalue weighted by Gasteiger charge is 2.34. The van der Waals surface area contributed by atoms with Gasteiger partial charge in [0, 0.05) is 39.8 Å². The highest BCUT2D eigenvalue weighted by Crippen LogP contribution is 2.18. The van der Waals surface area contributed by atoms with E-state index in [1.165, 1.54) is 0 Å². The topological polar surface area (TPSA) is 67.9 Å². The first-order valence-electron chi connectivity index (χ1n) is 6.86. The van der Waals surface area contributed by atoms with Gasteiger partial charge in [-0.05, 0) is 12.8 Å².